The largest absolute Gasteiger partial charge is 0.691 e. The van der Waals surface area contributed by atoms with Gasteiger partial charge in [0.1, 0.15) is 16.8 Å². The van der Waals surface area contributed by atoms with Crippen molar-refractivity contribution in [2.24, 2.45) is 0 Å². The molecule has 0 bridgehead atoms. The number of benzene rings is 3. The molecule has 3 aromatic carbocycles. The fourth-order valence-electron chi connectivity index (χ4n) is 4.83. The van der Waals surface area contributed by atoms with E-state index >= 15 is 4.39 Å². The highest BCUT2D eigenvalue weighted by Crippen LogP contribution is 2.26. The first-order valence-corrected chi connectivity index (χ1v) is 13.2. The highest BCUT2D eigenvalue weighted by atomic mass is 19.1. The molecule has 1 aromatic heterocycles. The average Bonchev–Trinajstić information content (AvgIpc) is 3.29. The van der Waals surface area contributed by atoms with Crippen LogP contribution in [0, 0.1) is 11.0 Å². The number of carbonyl (C=O) groups is 1. The number of halogens is 1. The van der Waals surface area contributed by atoms with Gasteiger partial charge < -0.3 is 19.7 Å². The Morgan fingerprint density at radius 1 is 0.974 bits per heavy atom. The summed E-state index contributed by atoms with van der Waals surface area (Å²) in [6, 6.07) is 19.2. The SMILES string of the molecule is CCCCCCOc1ccc(N2CCN(c3ccc(C(=O)n4n[n+]([O-])c5ccccc54)cc3F)CC2)cc1. The molecule has 0 saturated carbocycles. The van der Waals surface area contributed by atoms with E-state index in [0.29, 0.717) is 29.1 Å². The van der Waals surface area contributed by atoms with E-state index in [4.69, 9.17) is 4.74 Å². The van der Waals surface area contributed by atoms with Crippen LogP contribution in [0.4, 0.5) is 15.8 Å². The summed E-state index contributed by atoms with van der Waals surface area (Å²) < 4.78 is 22.0. The average molecular weight is 518 g/mol. The predicted molar refractivity (Wildman–Crippen MR) is 145 cm³/mol. The second kappa shape index (κ2) is 11.5. The van der Waals surface area contributed by atoms with Crippen molar-refractivity contribution in [1.82, 2.24) is 9.90 Å². The second-order valence-corrected chi connectivity index (χ2v) is 9.51. The van der Waals surface area contributed by atoms with Crippen LogP contribution in [-0.2, 0) is 0 Å². The summed E-state index contributed by atoms with van der Waals surface area (Å²) in [5, 5.41) is 15.8. The van der Waals surface area contributed by atoms with Crippen LogP contribution in [0.1, 0.15) is 43.0 Å². The maximum atomic E-state index is 15.1. The van der Waals surface area contributed by atoms with Crippen molar-refractivity contribution in [3.05, 3.63) is 83.3 Å². The van der Waals surface area contributed by atoms with Crippen LogP contribution in [0.5, 0.6) is 5.75 Å². The summed E-state index contributed by atoms with van der Waals surface area (Å²) in [6.45, 7) is 5.75. The van der Waals surface area contributed by atoms with E-state index in [1.165, 1.54) is 25.3 Å². The van der Waals surface area contributed by atoms with Gasteiger partial charge in [-0.3, -0.25) is 0 Å². The van der Waals surface area contributed by atoms with E-state index in [1.54, 1.807) is 36.4 Å². The van der Waals surface area contributed by atoms with E-state index in [1.807, 2.05) is 17.0 Å². The Morgan fingerprint density at radius 2 is 1.71 bits per heavy atom. The molecule has 1 fully saturated rings. The van der Waals surface area contributed by atoms with E-state index in [2.05, 4.69) is 29.2 Å². The maximum Gasteiger partial charge on any atom is 0.366 e. The zero-order chi connectivity index (χ0) is 26.5. The molecule has 0 atom stereocenters. The van der Waals surface area contributed by atoms with Crippen molar-refractivity contribution < 1.29 is 18.8 Å². The van der Waals surface area contributed by atoms with Gasteiger partial charge in [-0.1, -0.05) is 43.0 Å². The molecule has 5 rings (SSSR count). The third-order valence-electron chi connectivity index (χ3n) is 6.96. The van der Waals surface area contributed by atoms with Gasteiger partial charge in [0, 0.05) is 31.9 Å². The van der Waals surface area contributed by atoms with Gasteiger partial charge in [0.2, 0.25) is 11.0 Å². The zero-order valence-corrected chi connectivity index (χ0v) is 21.6. The van der Waals surface area contributed by atoms with Crippen molar-refractivity contribution in [1.29, 1.82) is 0 Å². The molecule has 38 heavy (non-hydrogen) atoms. The summed E-state index contributed by atoms with van der Waals surface area (Å²) in [5.41, 5.74) is 2.36. The molecule has 0 spiro atoms. The number of rotatable bonds is 9. The minimum absolute atomic E-state index is 0.131. The summed E-state index contributed by atoms with van der Waals surface area (Å²) in [7, 11) is 0. The Kier molecular flexibility index (Phi) is 7.72. The molecule has 4 aromatic rings. The van der Waals surface area contributed by atoms with Crippen molar-refractivity contribution in [2.45, 2.75) is 32.6 Å². The van der Waals surface area contributed by atoms with Gasteiger partial charge in [-0.15, -0.1) is 4.85 Å². The number of ether oxygens (including phenoxy) is 1. The zero-order valence-electron chi connectivity index (χ0n) is 21.6. The molecule has 0 aliphatic carbocycles. The second-order valence-electron chi connectivity index (χ2n) is 9.51. The molecule has 0 amide bonds. The number of hydrogen-bond acceptors (Lipinski definition) is 6. The van der Waals surface area contributed by atoms with Gasteiger partial charge in [0.15, 0.2) is 0 Å². The lowest BCUT2D eigenvalue weighted by Gasteiger charge is -2.37. The van der Waals surface area contributed by atoms with Crippen LogP contribution >= 0.6 is 0 Å². The quantitative estimate of drug-likeness (QED) is 0.181. The minimum Gasteiger partial charge on any atom is -0.691 e. The molecular weight excluding hydrogens is 485 g/mol. The molecule has 9 heteroatoms. The summed E-state index contributed by atoms with van der Waals surface area (Å²) >= 11 is 0. The first kappa shape index (κ1) is 25.5. The van der Waals surface area contributed by atoms with E-state index in [0.717, 1.165) is 42.2 Å². The van der Waals surface area contributed by atoms with Crippen LogP contribution < -0.4 is 19.4 Å². The highest BCUT2D eigenvalue weighted by molar-refractivity contribution is 5.99. The summed E-state index contributed by atoms with van der Waals surface area (Å²) in [6.07, 6.45) is 4.73. The monoisotopic (exact) mass is 517 g/mol. The normalized spacial score (nSPS) is 13.7. The lowest BCUT2D eigenvalue weighted by molar-refractivity contribution is -0.645. The number of piperazine rings is 1. The number of fused-ring (bicyclic) bond motifs is 1. The van der Waals surface area contributed by atoms with Gasteiger partial charge in [0.05, 0.1) is 17.9 Å². The molecule has 1 aliphatic rings. The van der Waals surface area contributed by atoms with Crippen molar-refractivity contribution in [3.63, 3.8) is 0 Å². The smallest absolute Gasteiger partial charge is 0.366 e. The molecule has 0 unspecified atom stereocenters. The van der Waals surface area contributed by atoms with Gasteiger partial charge in [-0.05, 0) is 61.0 Å². The van der Waals surface area contributed by atoms with Crippen molar-refractivity contribution in [3.8, 4) is 5.75 Å². The van der Waals surface area contributed by atoms with Crippen LogP contribution in [0.3, 0.4) is 0 Å². The Balaban J connectivity index is 1.19. The lowest BCUT2D eigenvalue weighted by Crippen LogP contribution is -2.46. The molecule has 0 radical (unpaired) electrons. The van der Waals surface area contributed by atoms with Crippen LogP contribution in [0.15, 0.2) is 66.7 Å². The predicted octanol–water partition coefficient (Wildman–Crippen LogP) is 4.78. The fraction of sp³-hybridized carbons (Fsp3) is 0.345. The maximum absolute atomic E-state index is 15.1. The Hall–Kier alpha value is -4.14. The number of para-hydroxylation sites is 2. The summed E-state index contributed by atoms with van der Waals surface area (Å²) in [5.74, 6) is -0.149. The van der Waals surface area contributed by atoms with Crippen molar-refractivity contribution >= 4 is 28.3 Å². The number of unbranched alkanes of at least 4 members (excludes halogenated alkanes) is 3. The molecule has 0 N–H and O–H groups in total. The van der Waals surface area contributed by atoms with Crippen LogP contribution in [0.2, 0.25) is 0 Å². The number of anilines is 2. The number of aromatic nitrogens is 3. The number of hydrogen-bond donors (Lipinski definition) is 0. The van der Waals surface area contributed by atoms with Gasteiger partial charge in [-0.2, -0.15) is 0 Å². The standard InChI is InChI=1S/C29H32FN5O3/c1-2-3-4-7-20-38-24-13-11-23(12-14-24)32-16-18-33(19-17-32)26-15-10-22(21-25(26)30)29(36)34-27-8-5-6-9-28(27)35(37)31-34/h5-6,8-15,21H,2-4,7,16-20H2,1H3. The topological polar surface area (TPSA) is 77.5 Å². The van der Waals surface area contributed by atoms with Gasteiger partial charge in [-0.25, -0.2) is 9.18 Å². The molecular formula is C29H32FN5O3. The fourth-order valence-corrected chi connectivity index (χ4v) is 4.83. The molecule has 1 saturated heterocycles. The molecule has 2 heterocycles. The third-order valence-corrected chi connectivity index (χ3v) is 6.96. The molecule has 1 aliphatic heterocycles. The van der Waals surface area contributed by atoms with Crippen LogP contribution in [0.25, 0.3) is 11.0 Å². The molecule has 198 valence electrons. The number of nitrogens with zero attached hydrogens (tertiary/aromatic N) is 5. The first-order valence-electron chi connectivity index (χ1n) is 13.2. The Bertz CT molecular complexity index is 1400. The van der Waals surface area contributed by atoms with Gasteiger partial charge in [0.25, 0.3) is 0 Å². The van der Waals surface area contributed by atoms with Crippen LogP contribution in [-0.4, -0.2) is 48.6 Å². The van der Waals surface area contributed by atoms with E-state index in [-0.39, 0.29) is 11.1 Å². The van der Waals surface area contributed by atoms with Crippen molar-refractivity contribution in [2.75, 3.05) is 42.6 Å². The number of carbonyl (C=O) groups excluding carboxylic acids is 1. The van der Waals surface area contributed by atoms with E-state index < -0.39 is 11.7 Å². The lowest BCUT2D eigenvalue weighted by atomic mass is 10.1. The van der Waals surface area contributed by atoms with E-state index in [9.17, 15) is 10.0 Å². The van der Waals surface area contributed by atoms with Gasteiger partial charge >= 0.3 is 5.91 Å². The first-order chi connectivity index (χ1) is 18.5. The molecule has 8 nitrogen and oxygen atoms in total. The minimum atomic E-state index is -0.556. The summed E-state index contributed by atoms with van der Waals surface area (Å²) in [4.78, 5) is 17.7. The third kappa shape index (κ3) is 5.41. The Labute approximate surface area is 221 Å². The Morgan fingerprint density at radius 3 is 2.45 bits per heavy atom. The highest BCUT2D eigenvalue weighted by Gasteiger charge is 2.25.